The number of methoxy groups -OCH3 is 1. The summed E-state index contributed by atoms with van der Waals surface area (Å²) in [5.41, 5.74) is 2.78. The van der Waals surface area contributed by atoms with Gasteiger partial charge in [0.05, 0.1) is 22.6 Å². The molecule has 6 aliphatic rings. The van der Waals surface area contributed by atoms with Crippen LogP contribution in [0.3, 0.4) is 0 Å². The summed E-state index contributed by atoms with van der Waals surface area (Å²) in [6, 6.07) is 8.75. The van der Waals surface area contributed by atoms with Crippen LogP contribution in [0.15, 0.2) is 42.0 Å². The molecule has 2 aromatic carbocycles. The van der Waals surface area contributed by atoms with E-state index in [2.05, 4.69) is 21.0 Å². The van der Waals surface area contributed by atoms with Crippen molar-refractivity contribution in [3.63, 3.8) is 0 Å². The number of carbonyl (C=O) groups is 1. The summed E-state index contributed by atoms with van der Waals surface area (Å²) in [7, 11) is -0.226. The first-order valence-corrected chi connectivity index (χ1v) is 18.8. The van der Waals surface area contributed by atoms with Crippen LogP contribution in [0.4, 0.5) is 10.1 Å². The Morgan fingerprint density at radius 1 is 1.21 bits per heavy atom. The van der Waals surface area contributed by atoms with Crippen molar-refractivity contribution < 1.29 is 27.1 Å². The number of ether oxygens (including phenoxy) is 2. The van der Waals surface area contributed by atoms with E-state index in [1.807, 2.05) is 20.0 Å². The molecule has 3 aliphatic carbocycles. The van der Waals surface area contributed by atoms with Crippen molar-refractivity contribution in [1.82, 2.24) is 10.0 Å². The van der Waals surface area contributed by atoms with Crippen molar-refractivity contribution in [2.75, 3.05) is 45.3 Å². The summed E-state index contributed by atoms with van der Waals surface area (Å²) >= 11 is 6.25. The molecule has 1 saturated carbocycles. The number of amides is 1. The highest BCUT2D eigenvalue weighted by molar-refractivity contribution is 7.90. The summed E-state index contributed by atoms with van der Waals surface area (Å²) in [5.74, 6) is 0.0161. The van der Waals surface area contributed by atoms with Crippen LogP contribution >= 0.6 is 11.6 Å². The van der Waals surface area contributed by atoms with E-state index in [1.54, 1.807) is 38.3 Å². The van der Waals surface area contributed by atoms with Gasteiger partial charge in [-0.3, -0.25) is 4.79 Å². The molecule has 4 bridgehead atoms. The number of allylic oxidation sites excluding steroid dienone is 1. The Balaban J connectivity index is 1.35. The van der Waals surface area contributed by atoms with Crippen LogP contribution in [0.1, 0.15) is 67.4 Å². The van der Waals surface area contributed by atoms with Crippen LogP contribution in [0, 0.1) is 29.5 Å². The number of nitrogens with one attached hydrogen (secondary N) is 2. The van der Waals surface area contributed by atoms with Crippen molar-refractivity contribution >= 4 is 33.2 Å². The van der Waals surface area contributed by atoms with Crippen molar-refractivity contribution in [2.24, 2.45) is 23.7 Å². The van der Waals surface area contributed by atoms with Gasteiger partial charge in [-0.2, -0.15) is 0 Å². The number of nitrogens with zero attached hydrogens (tertiary/aromatic N) is 1. The Kier molecular flexibility index (Phi) is 8.42. The quantitative estimate of drug-likeness (QED) is 0.405. The van der Waals surface area contributed by atoms with Crippen LogP contribution in [-0.2, 0) is 26.6 Å². The molecule has 1 spiro atoms. The van der Waals surface area contributed by atoms with Gasteiger partial charge < -0.3 is 19.7 Å². The maximum Gasteiger partial charge on any atom is 0.264 e. The molecule has 2 aromatic rings. The molecule has 0 unspecified atom stereocenters. The third-order valence-corrected chi connectivity index (χ3v) is 14.4. The molecule has 0 radical (unpaired) electrons. The van der Waals surface area contributed by atoms with Gasteiger partial charge in [0, 0.05) is 37.7 Å². The fourth-order valence-electron chi connectivity index (χ4n) is 9.12. The second-order valence-corrected chi connectivity index (χ2v) is 17.0. The van der Waals surface area contributed by atoms with Gasteiger partial charge in [-0.15, -0.1) is 0 Å². The van der Waals surface area contributed by atoms with E-state index in [1.165, 1.54) is 5.57 Å². The average molecular weight is 686 g/mol. The highest BCUT2D eigenvalue weighted by atomic mass is 35.5. The Bertz CT molecular complexity index is 1730. The van der Waals surface area contributed by atoms with Gasteiger partial charge >= 0.3 is 0 Å². The molecule has 2 N–H and O–H groups in total. The number of sulfonamides is 1. The summed E-state index contributed by atoms with van der Waals surface area (Å²) in [4.78, 5) is 15.9. The Morgan fingerprint density at radius 2 is 2.00 bits per heavy atom. The molecule has 8 nitrogen and oxygen atoms in total. The molecule has 254 valence electrons. The Hall–Kier alpha value is -2.66. The van der Waals surface area contributed by atoms with Gasteiger partial charge in [-0.1, -0.05) is 30.7 Å². The molecule has 3 aliphatic heterocycles. The fourth-order valence-corrected chi connectivity index (χ4v) is 10.6. The Morgan fingerprint density at radius 3 is 2.70 bits per heavy atom. The molecular weight excluding hydrogens is 641 g/mol. The summed E-state index contributed by atoms with van der Waals surface area (Å²) < 4.78 is 57.9. The first-order valence-electron chi connectivity index (χ1n) is 16.9. The normalized spacial score (nSPS) is 34.4. The lowest BCUT2D eigenvalue weighted by molar-refractivity contribution is -0.0867. The highest BCUT2D eigenvalue weighted by Gasteiger charge is 2.54. The zero-order chi connectivity index (χ0) is 33.3. The zero-order valence-electron chi connectivity index (χ0n) is 27.6. The second-order valence-electron chi connectivity index (χ2n) is 14.5. The zero-order valence-corrected chi connectivity index (χ0v) is 29.1. The number of halogens is 2. The van der Waals surface area contributed by atoms with E-state index in [-0.39, 0.29) is 34.2 Å². The molecule has 1 amide bonds. The van der Waals surface area contributed by atoms with Crippen molar-refractivity contribution in [3.8, 4) is 5.75 Å². The minimum absolute atomic E-state index is 0.0678. The van der Waals surface area contributed by atoms with Gasteiger partial charge in [0.15, 0.2) is 0 Å². The molecule has 8 rings (SSSR count). The van der Waals surface area contributed by atoms with Gasteiger partial charge in [0.2, 0.25) is 10.0 Å². The van der Waals surface area contributed by atoms with Crippen LogP contribution in [0.2, 0.25) is 5.02 Å². The van der Waals surface area contributed by atoms with Gasteiger partial charge in [-0.05, 0) is 117 Å². The number of likely N-dealkylation sites (N-methyl/N-ethyl adjacent to an activating group) is 1. The van der Waals surface area contributed by atoms with E-state index < -0.39 is 32.2 Å². The molecule has 3 heterocycles. The van der Waals surface area contributed by atoms with Gasteiger partial charge in [-0.25, -0.2) is 17.5 Å². The lowest BCUT2D eigenvalue weighted by Gasteiger charge is -2.55. The SMILES string of the molecule is CNC[C@]1(OC)C2=C[C@@H](C2)[C@H](C)[C@@H](C)S(=O)(=O)NC(=O)c2ccc3c(c2)N(C[C@@H]2CC[C@H]21)C[C@@]1(CCCc2c1ccc(Cl)c2F)CO3. The number of anilines is 1. The van der Waals surface area contributed by atoms with E-state index in [0.717, 1.165) is 43.4 Å². The molecular formula is C36H45ClFN3O5S. The van der Waals surface area contributed by atoms with Crippen LogP contribution in [0.25, 0.3) is 0 Å². The number of carbonyl (C=O) groups excluding carboxylic acids is 1. The van der Waals surface area contributed by atoms with Crippen LogP contribution in [0.5, 0.6) is 5.75 Å². The lowest BCUT2D eigenvalue weighted by Crippen LogP contribution is -2.59. The standard InChI is InChI=1S/C36H45ClFN3O5S/c1-21-22(2)47(43,44)40-34(42)23-8-12-32-31(16-23)41(17-24-7-9-28(24)36(45-4,18-39-3)26-14-25(21)15-26)19-35(20-46-32)13-5-6-27-29(35)10-11-30(37)33(27)38/h8,10-12,14,16,21-22,24-25,28,39H,5-7,9,13,15,17-20H2,1-4H3,(H,40,42)/t21-,22-,24+,25+,28-,35+,36+/m1/s1. The smallest absolute Gasteiger partial charge is 0.264 e. The predicted molar refractivity (Wildman–Crippen MR) is 181 cm³/mol. The maximum atomic E-state index is 15.4. The number of rotatable bonds is 3. The van der Waals surface area contributed by atoms with E-state index in [9.17, 15) is 13.2 Å². The summed E-state index contributed by atoms with van der Waals surface area (Å²) in [6.45, 7) is 5.89. The summed E-state index contributed by atoms with van der Waals surface area (Å²) in [5, 5.41) is 2.75. The monoisotopic (exact) mass is 685 g/mol. The molecule has 1 fully saturated rings. The molecule has 0 aromatic heterocycles. The first-order chi connectivity index (χ1) is 22.4. The third-order valence-electron chi connectivity index (χ3n) is 12.2. The minimum Gasteiger partial charge on any atom is -0.490 e. The maximum absolute atomic E-state index is 15.4. The predicted octanol–water partition coefficient (Wildman–Crippen LogP) is 5.63. The second kappa shape index (κ2) is 12.0. The minimum atomic E-state index is -3.97. The highest BCUT2D eigenvalue weighted by Crippen LogP contribution is 2.53. The average Bonchev–Trinajstić information content (AvgIpc) is 3.16. The fraction of sp³-hybridized carbons (Fsp3) is 0.583. The largest absolute Gasteiger partial charge is 0.490 e. The van der Waals surface area contributed by atoms with Crippen molar-refractivity contribution in [2.45, 2.75) is 68.6 Å². The molecule has 11 heteroatoms. The Labute approximate surface area is 282 Å². The first kappa shape index (κ1) is 32.9. The van der Waals surface area contributed by atoms with E-state index in [4.69, 9.17) is 21.1 Å². The van der Waals surface area contributed by atoms with Crippen LogP contribution < -0.4 is 19.7 Å². The molecule has 7 atom stereocenters. The van der Waals surface area contributed by atoms with Gasteiger partial charge in [0.1, 0.15) is 17.2 Å². The lowest BCUT2D eigenvalue weighted by atomic mass is 9.58. The number of benzene rings is 2. The van der Waals surface area contributed by atoms with E-state index >= 15 is 4.39 Å². The van der Waals surface area contributed by atoms with Crippen LogP contribution in [-0.4, -0.2) is 65.6 Å². The van der Waals surface area contributed by atoms with Gasteiger partial charge in [0.25, 0.3) is 5.91 Å². The number of fused-ring (bicyclic) bond motifs is 6. The topological polar surface area (TPSA) is 97.0 Å². The summed E-state index contributed by atoms with van der Waals surface area (Å²) in [6.07, 6.45) is 7.25. The number of hydrogen-bond acceptors (Lipinski definition) is 7. The number of hydrogen-bond donors (Lipinski definition) is 2. The van der Waals surface area contributed by atoms with E-state index in [0.29, 0.717) is 49.9 Å². The third kappa shape index (κ3) is 5.29. The molecule has 47 heavy (non-hydrogen) atoms. The molecule has 0 saturated heterocycles. The van der Waals surface area contributed by atoms with Crippen molar-refractivity contribution in [1.29, 1.82) is 0 Å². The van der Waals surface area contributed by atoms with Crippen molar-refractivity contribution in [3.05, 3.63) is 69.5 Å².